The van der Waals surface area contributed by atoms with Crippen LogP contribution in [0.25, 0.3) is 0 Å². The zero-order valence-electron chi connectivity index (χ0n) is 16.8. The average Bonchev–Trinajstić information content (AvgIpc) is 2.76. The number of phenolic OH excluding ortho intramolecular Hbond substituents is 2. The molecule has 3 rings (SSSR count). The minimum absolute atomic E-state index is 0.110. The number of hydrogen-bond acceptors (Lipinski definition) is 6. The molecule has 0 saturated heterocycles. The van der Waals surface area contributed by atoms with Gasteiger partial charge in [-0.3, -0.25) is 14.4 Å². The summed E-state index contributed by atoms with van der Waals surface area (Å²) in [5.41, 5.74) is 2.78. The highest BCUT2D eigenvalue weighted by Gasteiger charge is 2.20. The van der Waals surface area contributed by atoms with E-state index in [9.17, 15) is 24.6 Å². The molecule has 162 valence electrons. The van der Waals surface area contributed by atoms with E-state index >= 15 is 0 Å². The summed E-state index contributed by atoms with van der Waals surface area (Å²) in [5.74, 6) is -2.70. The van der Waals surface area contributed by atoms with Crippen molar-refractivity contribution in [2.24, 2.45) is 5.10 Å². The third-order valence-corrected chi connectivity index (χ3v) is 4.95. The Labute approximate surface area is 179 Å². The first kappa shape index (κ1) is 21.8. The average molecular weight is 424 g/mol. The van der Waals surface area contributed by atoms with Crippen LogP contribution >= 0.6 is 0 Å². The van der Waals surface area contributed by atoms with Crippen LogP contribution in [0.4, 0.5) is 5.69 Å². The van der Waals surface area contributed by atoms with Gasteiger partial charge in [-0.2, -0.15) is 5.10 Å². The zero-order chi connectivity index (χ0) is 22.2. The lowest BCUT2D eigenvalue weighted by molar-refractivity contribution is -0.136. The van der Waals surface area contributed by atoms with Crippen LogP contribution in [0.2, 0.25) is 0 Å². The molecule has 9 heteroatoms. The second kappa shape index (κ2) is 10.2. The molecule has 9 nitrogen and oxygen atoms in total. The molecule has 0 unspecified atom stereocenters. The number of rotatable bonds is 5. The van der Waals surface area contributed by atoms with Gasteiger partial charge in [-0.25, -0.2) is 5.43 Å². The maximum Gasteiger partial charge on any atom is 0.329 e. The topological polar surface area (TPSA) is 140 Å². The van der Waals surface area contributed by atoms with Crippen molar-refractivity contribution < 1.29 is 24.6 Å². The number of para-hydroxylation sites is 1. The first-order chi connectivity index (χ1) is 14.9. The molecule has 2 aromatic rings. The van der Waals surface area contributed by atoms with E-state index in [0.717, 1.165) is 38.0 Å². The molecule has 0 aliphatic heterocycles. The molecule has 0 heterocycles. The van der Waals surface area contributed by atoms with Crippen molar-refractivity contribution in [3.63, 3.8) is 0 Å². The molecule has 0 atom stereocenters. The van der Waals surface area contributed by atoms with Crippen molar-refractivity contribution in [1.82, 2.24) is 10.7 Å². The smallest absolute Gasteiger partial charge is 0.329 e. The van der Waals surface area contributed by atoms with Crippen LogP contribution in [0, 0.1) is 0 Å². The summed E-state index contributed by atoms with van der Waals surface area (Å²) in [7, 11) is 0. The van der Waals surface area contributed by atoms with Gasteiger partial charge in [0.2, 0.25) is 0 Å². The molecule has 1 aliphatic carbocycles. The lowest BCUT2D eigenvalue weighted by atomic mass is 9.95. The summed E-state index contributed by atoms with van der Waals surface area (Å²) in [6.45, 7) is 0. The number of carbonyl (C=O) groups is 3. The van der Waals surface area contributed by atoms with Gasteiger partial charge in [-0.1, -0.05) is 31.4 Å². The van der Waals surface area contributed by atoms with Gasteiger partial charge in [0.05, 0.1) is 17.5 Å². The van der Waals surface area contributed by atoms with Gasteiger partial charge in [0.15, 0.2) is 0 Å². The number of amides is 3. The second-order valence-electron chi connectivity index (χ2n) is 7.25. The molecular formula is C22H24N4O5. The third-order valence-electron chi connectivity index (χ3n) is 4.95. The molecule has 0 spiro atoms. The maximum absolute atomic E-state index is 12.6. The summed E-state index contributed by atoms with van der Waals surface area (Å²) in [6, 6.07) is 10.4. The summed E-state index contributed by atoms with van der Waals surface area (Å²) >= 11 is 0. The number of phenols is 2. The van der Waals surface area contributed by atoms with Crippen LogP contribution in [0.5, 0.6) is 11.5 Å². The van der Waals surface area contributed by atoms with Crippen LogP contribution in [0.3, 0.4) is 0 Å². The first-order valence-corrected chi connectivity index (χ1v) is 10.0. The van der Waals surface area contributed by atoms with E-state index in [0.29, 0.717) is 0 Å². The number of nitrogens with one attached hydrogen (secondary N) is 3. The lowest BCUT2D eigenvalue weighted by Gasteiger charge is -2.23. The van der Waals surface area contributed by atoms with Gasteiger partial charge in [0.1, 0.15) is 11.5 Å². The normalized spacial score (nSPS) is 14.2. The first-order valence-electron chi connectivity index (χ1n) is 10.0. The Morgan fingerprint density at radius 2 is 1.71 bits per heavy atom. The van der Waals surface area contributed by atoms with E-state index in [-0.39, 0.29) is 40.3 Å². The largest absolute Gasteiger partial charge is 0.508 e. The fourth-order valence-electron chi connectivity index (χ4n) is 3.33. The molecule has 1 saturated carbocycles. The van der Waals surface area contributed by atoms with Crippen molar-refractivity contribution >= 4 is 29.6 Å². The van der Waals surface area contributed by atoms with Crippen molar-refractivity contribution in [3.05, 3.63) is 53.6 Å². The number of nitrogens with zero attached hydrogens (tertiary/aromatic N) is 1. The third kappa shape index (κ3) is 6.05. The molecule has 3 amide bonds. The molecule has 0 radical (unpaired) electrons. The summed E-state index contributed by atoms with van der Waals surface area (Å²) in [5, 5.41) is 28.0. The zero-order valence-corrected chi connectivity index (χ0v) is 16.8. The minimum Gasteiger partial charge on any atom is -0.508 e. The van der Waals surface area contributed by atoms with Crippen LogP contribution in [0.1, 0.15) is 48.0 Å². The maximum atomic E-state index is 12.6. The Morgan fingerprint density at radius 1 is 0.968 bits per heavy atom. The summed E-state index contributed by atoms with van der Waals surface area (Å²) in [6.07, 6.45) is 6.31. The van der Waals surface area contributed by atoms with Crippen LogP contribution in [-0.4, -0.2) is 40.2 Å². The number of hydrogen-bond donors (Lipinski definition) is 5. The predicted molar refractivity (Wildman–Crippen MR) is 115 cm³/mol. The molecule has 2 aromatic carbocycles. The summed E-state index contributed by atoms with van der Waals surface area (Å²) in [4.78, 5) is 36.9. The van der Waals surface area contributed by atoms with E-state index in [1.165, 1.54) is 18.6 Å². The lowest BCUT2D eigenvalue weighted by Crippen LogP contribution is -2.37. The van der Waals surface area contributed by atoms with Gasteiger partial charge in [0, 0.05) is 17.7 Å². The van der Waals surface area contributed by atoms with E-state index < -0.39 is 11.8 Å². The Balaban J connectivity index is 1.60. The second-order valence-corrected chi connectivity index (χ2v) is 7.25. The van der Waals surface area contributed by atoms with E-state index in [1.807, 2.05) is 0 Å². The van der Waals surface area contributed by atoms with Crippen molar-refractivity contribution in [2.45, 2.75) is 38.1 Å². The van der Waals surface area contributed by atoms with Crippen molar-refractivity contribution in [2.75, 3.05) is 5.32 Å². The van der Waals surface area contributed by atoms with E-state index in [4.69, 9.17) is 0 Å². The molecule has 31 heavy (non-hydrogen) atoms. The van der Waals surface area contributed by atoms with Gasteiger partial charge < -0.3 is 20.8 Å². The molecular weight excluding hydrogens is 400 g/mol. The molecule has 1 aliphatic rings. The highest BCUT2D eigenvalue weighted by Crippen LogP contribution is 2.21. The molecule has 0 aromatic heterocycles. The molecule has 0 bridgehead atoms. The number of anilines is 1. The van der Waals surface area contributed by atoms with Gasteiger partial charge in [-0.05, 0) is 37.1 Å². The van der Waals surface area contributed by atoms with Crippen molar-refractivity contribution in [1.29, 1.82) is 0 Å². The molecule has 5 N–H and O–H groups in total. The Kier molecular flexibility index (Phi) is 7.21. The van der Waals surface area contributed by atoms with E-state index in [1.54, 1.807) is 24.3 Å². The number of hydrazone groups is 1. The fraction of sp³-hybridized carbons (Fsp3) is 0.273. The quantitative estimate of drug-likeness (QED) is 0.284. The summed E-state index contributed by atoms with van der Waals surface area (Å²) < 4.78 is 0. The Bertz CT molecular complexity index is 999. The monoisotopic (exact) mass is 424 g/mol. The predicted octanol–water partition coefficient (Wildman–Crippen LogP) is 2.25. The number of aromatic hydroxyl groups is 2. The van der Waals surface area contributed by atoms with Gasteiger partial charge in [-0.15, -0.1) is 0 Å². The minimum atomic E-state index is -1.04. The van der Waals surface area contributed by atoms with Crippen LogP contribution < -0.4 is 16.1 Å². The highest BCUT2D eigenvalue weighted by atomic mass is 16.3. The van der Waals surface area contributed by atoms with Gasteiger partial charge in [0.25, 0.3) is 5.91 Å². The molecule has 1 fully saturated rings. The SMILES string of the molecule is O=C(N/N=C\c1ccc(O)cc1O)C(=O)Nc1ccccc1C(=O)NC1CCCCC1. The Hall–Kier alpha value is -3.88. The fourth-order valence-corrected chi connectivity index (χ4v) is 3.33. The number of benzene rings is 2. The standard InChI is InChI=1S/C22H24N4O5/c27-16-11-10-14(19(28)12-16)13-23-26-22(31)21(30)25-18-9-5-4-8-17(18)20(29)24-15-6-2-1-3-7-15/h4-5,8-13,15,27-28H,1-3,6-7H2,(H,24,29)(H,25,30)(H,26,31)/b23-13-. The van der Waals surface area contributed by atoms with Gasteiger partial charge >= 0.3 is 11.8 Å². The van der Waals surface area contributed by atoms with Crippen molar-refractivity contribution in [3.8, 4) is 11.5 Å². The van der Waals surface area contributed by atoms with Crippen LogP contribution in [-0.2, 0) is 9.59 Å². The van der Waals surface area contributed by atoms with E-state index in [2.05, 4.69) is 21.2 Å². The highest BCUT2D eigenvalue weighted by molar-refractivity contribution is 6.40. The number of carbonyl (C=O) groups excluding carboxylic acids is 3. The van der Waals surface area contributed by atoms with Crippen LogP contribution in [0.15, 0.2) is 47.6 Å². The Morgan fingerprint density at radius 3 is 2.45 bits per heavy atom.